The van der Waals surface area contributed by atoms with Gasteiger partial charge in [0.2, 0.25) is 15.9 Å². The molecule has 1 aromatic heterocycles. The van der Waals surface area contributed by atoms with Crippen molar-refractivity contribution in [2.75, 3.05) is 11.4 Å². The number of sulfonamides is 1. The van der Waals surface area contributed by atoms with E-state index in [0.29, 0.717) is 19.5 Å². The first kappa shape index (κ1) is 19.3. The van der Waals surface area contributed by atoms with Gasteiger partial charge in [0, 0.05) is 25.2 Å². The molecule has 1 aliphatic heterocycles. The van der Waals surface area contributed by atoms with Crippen LogP contribution in [0.5, 0.6) is 0 Å². The molecule has 1 saturated heterocycles. The number of hydrogen-bond donors (Lipinski definition) is 1. The predicted octanol–water partition coefficient (Wildman–Crippen LogP) is 1.93. The van der Waals surface area contributed by atoms with Crippen molar-refractivity contribution in [1.29, 1.82) is 0 Å². The van der Waals surface area contributed by atoms with E-state index in [0.717, 1.165) is 23.2 Å². The van der Waals surface area contributed by atoms with Gasteiger partial charge < -0.3 is 4.90 Å². The molecule has 1 amide bonds. The molecule has 2 aromatic carbocycles. The van der Waals surface area contributed by atoms with E-state index in [1.807, 2.05) is 24.3 Å². The van der Waals surface area contributed by atoms with Crippen LogP contribution in [0.3, 0.4) is 0 Å². The number of amides is 1. The molecule has 1 aliphatic rings. The van der Waals surface area contributed by atoms with Crippen molar-refractivity contribution in [3.05, 3.63) is 72.3 Å². The molecule has 29 heavy (non-hydrogen) atoms. The van der Waals surface area contributed by atoms with Crippen LogP contribution in [-0.4, -0.2) is 35.6 Å². The van der Waals surface area contributed by atoms with Crippen LogP contribution in [0.25, 0.3) is 0 Å². The van der Waals surface area contributed by atoms with Crippen LogP contribution in [0.1, 0.15) is 24.0 Å². The number of nitrogens with one attached hydrogen (secondary N) is 1. The van der Waals surface area contributed by atoms with Crippen molar-refractivity contribution in [2.45, 2.75) is 30.8 Å². The summed E-state index contributed by atoms with van der Waals surface area (Å²) in [4.78, 5) is 17.6. The predicted molar refractivity (Wildman–Crippen MR) is 108 cm³/mol. The van der Waals surface area contributed by atoms with Gasteiger partial charge in [0.15, 0.2) is 0 Å². The SMILES string of the molecule is O=C1CCCN1c1ccc(S(=O)(=O)NCc2ccc(Cn3cncn3)cc2)cc1. The Morgan fingerprint density at radius 1 is 1.00 bits per heavy atom. The largest absolute Gasteiger partial charge is 0.312 e. The van der Waals surface area contributed by atoms with Crippen LogP contribution in [0.2, 0.25) is 0 Å². The van der Waals surface area contributed by atoms with E-state index in [1.165, 1.54) is 18.5 Å². The van der Waals surface area contributed by atoms with Crippen molar-refractivity contribution in [1.82, 2.24) is 19.5 Å². The molecular formula is C20H21N5O3S. The van der Waals surface area contributed by atoms with Gasteiger partial charge in [-0.15, -0.1) is 0 Å². The fourth-order valence-corrected chi connectivity index (χ4v) is 4.27. The number of anilines is 1. The fourth-order valence-electron chi connectivity index (χ4n) is 3.25. The first-order valence-corrected chi connectivity index (χ1v) is 10.8. The highest BCUT2D eigenvalue weighted by molar-refractivity contribution is 7.89. The van der Waals surface area contributed by atoms with E-state index < -0.39 is 10.0 Å². The maximum atomic E-state index is 12.6. The minimum absolute atomic E-state index is 0.0750. The van der Waals surface area contributed by atoms with E-state index in [-0.39, 0.29) is 17.3 Å². The number of benzene rings is 2. The molecule has 1 fully saturated rings. The molecule has 150 valence electrons. The molecule has 0 unspecified atom stereocenters. The van der Waals surface area contributed by atoms with Gasteiger partial charge in [-0.3, -0.25) is 4.79 Å². The summed E-state index contributed by atoms with van der Waals surface area (Å²) in [6.07, 6.45) is 4.50. The van der Waals surface area contributed by atoms with Gasteiger partial charge in [-0.25, -0.2) is 22.8 Å². The monoisotopic (exact) mass is 411 g/mol. The highest BCUT2D eigenvalue weighted by Gasteiger charge is 2.22. The van der Waals surface area contributed by atoms with Crippen LogP contribution in [0.4, 0.5) is 5.69 Å². The second-order valence-corrected chi connectivity index (χ2v) is 8.64. The maximum absolute atomic E-state index is 12.6. The van der Waals surface area contributed by atoms with Gasteiger partial charge in [0.1, 0.15) is 12.7 Å². The normalized spacial score (nSPS) is 14.5. The Balaban J connectivity index is 1.37. The second kappa shape index (κ2) is 8.14. The Hall–Kier alpha value is -3.04. The lowest BCUT2D eigenvalue weighted by molar-refractivity contribution is -0.117. The summed E-state index contributed by atoms with van der Waals surface area (Å²) in [7, 11) is -3.64. The van der Waals surface area contributed by atoms with E-state index in [2.05, 4.69) is 14.8 Å². The summed E-state index contributed by atoms with van der Waals surface area (Å²) in [5.74, 6) is 0.0750. The standard InChI is InChI=1S/C20H21N5O3S/c26-20-2-1-11-25(20)18-7-9-19(10-8-18)29(27,28)23-12-16-3-5-17(6-4-16)13-24-15-21-14-22-24/h3-10,14-15,23H,1-2,11-13H2. The molecule has 0 radical (unpaired) electrons. The Bertz CT molecular complexity index is 1080. The third-order valence-corrected chi connectivity index (χ3v) is 6.25. The second-order valence-electron chi connectivity index (χ2n) is 6.88. The molecule has 4 rings (SSSR count). The molecule has 2 heterocycles. The molecule has 1 N–H and O–H groups in total. The van der Waals surface area contributed by atoms with Crippen molar-refractivity contribution in [3.63, 3.8) is 0 Å². The van der Waals surface area contributed by atoms with E-state index >= 15 is 0 Å². The van der Waals surface area contributed by atoms with Crippen molar-refractivity contribution in [2.24, 2.45) is 0 Å². The maximum Gasteiger partial charge on any atom is 0.240 e. The minimum atomic E-state index is -3.64. The molecule has 3 aromatic rings. The third-order valence-electron chi connectivity index (χ3n) is 4.83. The number of nitrogens with zero attached hydrogens (tertiary/aromatic N) is 4. The summed E-state index contributed by atoms with van der Waals surface area (Å²) in [6, 6.07) is 14.1. The lowest BCUT2D eigenvalue weighted by atomic mass is 10.1. The van der Waals surface area contributed by atoms with Crippen LogP contribution in [0.15, 0.2) is 66.1 Å². The Morgan fingerprint density at radius 2 is 1.72 bits per heavy atom. The molecule has 0 atom stereocenters. The average Bonchev–Trinajstić information content (AvgIpc) is 3.39. The van der Waals surface area contributed by atoms with Gasteiger partial charge >= 0.3 is 0 Å². The van der Waals surface area contributed by atoms with Gasteiger partial charge in [-0.1, -0.05) is 24.3 Å². The number of rotatable bonds is 7. The zero-order valence-electron chi connectivity index (χ0n) is 15.7. The number of carbonyl (C=O) groups is 1. The Morgan fingerprint density at radius 3 is 2.34 bits per heavy atom. The number of aromatic nitrogens is 3. The van der Waals surface area contributed by atoms with Crippen LogP contribution in [0, 0.1) is 0 Å². The number of hydrogen-bond acceptors (Lipinski definition) is 5. The molecule has 0 bridgehead atoms. The summed E-state index contributed by atoms with van der Waals surface area (Å²) in [6.45, 7) is 1.48. The number of carbonyl (C=O) groups excluding carboxylic acids is 1. The average molecular weight is 411 g/mol. The Labute approximate surface area is 169 Å². The molecule has 0 aliphatic carbocycles. The van der Waals surface area contributed by atoms with Crippen molar-refractivity contribution in [3.8, 4) is 0 Å². The van der Waals surface area contributed by atoms with Crippen molar-refractivity contribution >= 4 is 21.6 Å². The summed E-state index contributed by atoms with van der Waals surface area (Å²) in [5.41, 5.74) is 2.64. The Kier molecular flexibility index (Phi) is 5.41. The van der Waals surface area contributed by atoms with Crippen molar-refractivity contribution < 1.29 is 13.2 Å². The van der Waals surface area contributed by atoms with Gasteiger partial charge in [0.05, 0.1) is 11.4 Å². The van der Waals surface area contributed by atoms with Crippen LogP contribution in [-0.2, 0) is 27.9 Å². The zero-order chi connectivity index (χ0) is 20.3. The third kappa shape index (κ3) is 4.52. The van der Waals surface area contributed by atoms with E-state index in [9.17, 15) is 13.2 Å². The first-order valence-electron chi connectivity index (χ1n) is 9.32. The summed E-state index contributed by atoms with van der Waals surface area (Å²) >= 11 is 0. The van der Waals surface area contributed by atoms with E-state index in [1.54, 1.807) is 28.0 Å². The fraction of sp³-hybridized carbons (Fsp3) is 0.250. The lowest BCUT2D eigenvalue weighted by Gasteiger charge is -2.16. The lowest BCUT2D eigenvalue weighted by Crippen LogP contribution is -2.25. The highest BCUT2D eigenvalue weighted by atomic mass is 32.2. The van der Waals surface area contributed by atoms with Gasteiger partial charge in [0.25, 0.3) is 0 Å². The van der Waals surface area contributed by atoms with E-state index in [4.69, 9.17) is 0 Å². The van der Waals surface area contributed by atoms with Crippen LogP contribution < -0.4 is 9.62 Å². The van der Waals surface area contributed by atoms with Crippen LogP contribution >= 0.6 is 0 Å². The quantitative estimate of drug-likeness (QED) is 0.641. The minimum Gasteiger partial charge on any atom is -0.312 e. The first-order chi connectivity index (χ1) is 14.0. The molecular weight excluding hydrogens is 390 g/mol. The molecule has 9 heteroatoms. The summed E-state index contributed by atoms with van der Waals surface area (Å²) < 4.78 is 29.5. The van der Waals surface area contributed by atoms with Gasteiger partial charge in [-0.2, -0.15) is 5.10 Å². The smallest absolute Gasteiger partial charge is 0.240 e. The molecule has 0 spiro atoms. The summed E-state index contributed by atoms with van der Waals surface area (Å²) in [5, 5.41) is 4.06. The van der Waals surface area contributed by atoms with Gasteiger partial charge in [-0.05, 0) is 41.8 Å². The molecule has 0 saturated carbocycles. The zero-order valence-corrected chi connectivity index (χ0v) is 16.5. The highest BCUT2D eigenvalue weighted by Crippen LogP contribution is 2.23. The molecule has 8 nitrogen and oxygen atoms in total. The topological polar surface area (TPSA) is 97.2 Å².